The van der Waals surface area contributed by atoms with Crippen molar-refractivity contribution in [3.63, 3.8) is 0 Å². The Hall–Kier alpha value is -12.7. The van der Waals surface area contributed by atoms with Gasteiger partial charge in [-0.05, 0) is 74.5 Å². The topological polar surface area (TPSA) is 456 Å². The van der Waals surface area contributed by atoms with Gasteiger partial charge in [0.1, 0.15) is 43.6 Å². The zero-order valence-corrected chi connectivity index (χ0v) is 63.4. The SMILES string of the molecule is Cc1ccc2c(c1)c(C(N)=O)nn2CC(=O)N(CC(=O)NCc1cccc(Cl)c1F)Cc1cn(C)cn1.Cc1ccc2c(c1)c(C(N)=O)nn2CC(=O)N(CC(=O)O)Cc1cn(C)cn1.Cl.NC(=O)c1nn(CC(=O)N(CC(=O)NCc2cccc(Cl)c2F)Cc2cnc[nH]2)c2ccc(N)cc12.NCc1cccc(Cl)c1F. The fraction of sp³-hybridized carbons (Fsp3) is 0.219. The lowest BCUT2D eigenvalue weighted by Gasteiger charge is -2.22. The zero-order chi connectivity index (χ0) is 80.5. The number of fused-ring (bicyclic) bond motifs is 3. The average Bonchev–Trinajstić information content (AvgIpc) is 1.65. The first-order chi connectivity index (χ1) is 52.8. The van der Waals surface area contributed by atoms with Crippen molar-refractivity contribution in [2.75, 3.05) is 25.4 Å². The van der Waals surface area contributed by atoms with Crippen LogP contribution in [-0.4, -0.2) is 151 Å². The molecule has 586 valence electrons. The van der Waals surface area contributed by atoms with Crippen molar-refractivity contribution in [1.82, 2.24) is 83.7 Å². The molecule has 39 heteroatoms. The summed E-state index contributed by atoms with van der Waals surface area (Å²) in [7, 11) is 3.57. The minimum absolute atomic E-state index is 0. The molecule has 0 aliphatic carbocycles. The molecule has 0 fully saturated rings. The lowest BCUT2D eigenvalue weighted by atomic mass is 10.1. The molecule has 32 nitrogen and oxygen atoms in total. The van der Waals surface area contributed by atoms with E-state index < -0.39 is 77.2 Å². The van der Waals surface area contributed by atoms with Crippen LogP contribution in [0.25, 0.3) is 32.7 Å². The normalized spacial score (nSPS) is 10.8. The van der Waals surface area contributed by atoms with E-state index in [0.29, 0.717) is 61.0 Å². The van der Waals surface area contributed by atoms with E-state index >= 15 is 0 Å². The van der Waals surface area contributed by atoms with E-state index in [1.807, 2.05) is 26.0 Å². The lowest BCUT2D eigenvalue weighted by Crippen LogP contribution is -2.41. The third kappa shape index (κ3) is 22.3. The molecule has 112 heavy (non-hydrogen) atoms. The number of halogens is 7. The number of anilines is 1. The Morgan fingerprint density at radius 1 is 0.527 bits per heavy atom. The van der Waals surface area contributed by atoms with Gasteiger partial charge in [-0.15, -0.1) is 12.4 Å². The predicted octanol–water partition coefficient (Wildman–Crippen LogP) is 6.54. The number of imidazole rings is 3. The van der Waals surface area contributed by atoms with Crippen molar-refractivity contribution < 1.29 is 61.4 Å². The summed E-state index contributed by atoms with van der Waals surface area (Å²) in [5, 5.41) is 28.5. The number of nitrogens with two attached hydrogens (primary N) is 5. The van der Waals surface area contributed by atoms with E-state index in [1.54, 1.807) is 115 Å². The molecular formula is C73H75Cl4F3N22O10. The number of nitrogens with one attached hydrogen (secondary N) is 3. The molecule has 6 aromatic carbocycles. The zero-order valence-electron chi connectivity index (χ0n) is 60.3. The third-order valence-corrected chi connectivity index (χ3v) is 17.5. The predicted molar refractivity (Wildman–Crippen MR) is 411 cm³/mol. The van der Waals surface area contributed by atoms with Crippen molar-refractivity contribution >= 4 is 139 Å². The number of benzene rings is 6. The summed E-state index contributed by atoms with van der Waals surface area (Å²) >= 11 is 17.1. The largest absolute Gasteiger partial charge is 0.480 e. The van der Waals surface area contributed by atoms with Gasteiger partial charge in [0, 0.05) is 90.9 Å². The number of nitrogen functional groups attached to an aromatic ring is 1. The first-order valence-electron chi connectivity index (χ1n) is 33.4. The molecule has 0 spiro atoms. The Balaban J connectivity index is 0.000000199. The Bertz CT molecular complexity index is 5470. The number of amides is 8. The molecule has 14 N–H and O–H groups in total. The lowest BCUT2D eigenvalue weighted by molar-refractivity contribution is -0.145. The summed E-state index contributed by atoms with van der Waals surface area (Å²) < 4.78 is 48.6. The molecule has 0 unspecified atom stereocenters. The standard InChI is InChI=1S/C25H25ClFN7O3.C23H22ClFN8O3.C18H20N6O4.C7H7ClFN.ClH/c1-15-6-7-20-18(8-15)24(25(28)37)31-34(20)13-22(36)33(11-17-10-32(2)14-30-17)12-21(35)29-9-16-4-3-5-19(26)23(16)27;24-17-3-1-2-13(21(17)25)7-29-19(34)10-32(9-15-8-28-12-30-15)20(35)11-33-18-5-4-14(26)6-16(18)22(31-33)23(27)36;1-11-3-4-14-13(5-11)17(18(19)28)21-24(14)8-15(25)23(9-16(26)27)7-12-6-22(2)10-20-12;8-6-3-1-2-5(4-10)7(6)9;/h3-8,10,14H,9,11-13H2,1-2H3,(H2,28,37)(H,29,35);1-6,8,12H,7,9-11,26H2,(H2,27,36)(H,28,30)(H,29,34);3-6,10H,7-9H2,1-2H3,(H2,19,28)(H,26,27);1-3H,4,10H2;1H. The van der Waals surface area contributed by atoms with Gasteiger partial charge in [-0.1, -0.05) is 94.5 Å². The molecule has 0 saturated carbocycles. The van der Waals surface area contributed by atoms with Crippen LogP contribution in [0.3, 0.4) is 0 Å². The second-order valence-corrected chi connectivity index (χ2v) is 26.3. The van der Waals surface area contributed by atoms with Crippen LogP contribution in [-0.2, 0) is 102 Å². The Kier molecular flexibility index (Phi) is 29.3. The van der Waals surface area contributed by atoms with Crippen LogP contribution in [0.4, 0.5) is 18.9 Å². The van der Waals surface area contributed by atoms with Crippen LogP contribution in [0.2, 0.25) is 15.1 Å². The fourth-order valence-corrected chi connectivity index (χ4v) is 11.8. The van der Waals surface area contributed by atoms with E-state index in [9.17, 15) is 56.3 Å². The molecule has 0 aliphatic rings. The van der Waals surface area contributed by atoms with Gasteiger partial charge in [-0.3, -0.25) is 57.2 Å². The number of H-pyrrole nitrogens is 1. The summed E-state index contributed by atoms with van der Waals surface area (Å²) in [6.45, 7) is 2.02. The van der Waals surface area contributed by atoms with E-state index in [1.165, 1.54) is 71.6 Å². The number of primary amides is 3. The van der Waals surface area contributed by atoms with Gasteiger partial charge in [0.15, 0.2) is 17.1 Å². The Labute approximate surface area is 656 Å². The summed E-state index contributed by atoms with van der Waals surface area (Å²) in [6.07, 6.45) is 9.57. The van der Waals surface area contributed by atoms with Crippen LogP contribution in [0.15, 0.2) is 147 Å². The monoisotopic (exact) mass is 1620 g/mol. The Morgan fingerprint density at radius 2 is 0.902 bits per heavy atom. The highest BCUT2D eigenvalue weighted by Gasteiger charge is 2.27. The number of nitrogens with zero attached hydrogens (tertiary/aromatic N) is 14. The molecule has 0 bridgehead atoms. The average molecular weight is 1620 g/mol. The number of carbonyl (C=O) groups is 9. The van der Waals surface area contributed by atoms with Crippen molar-refractivity contribution in [2.45, 2.75) is 72.8 Å². The van der Waals surface area contributed by atoms with Gasteiger partial charge >= 0.3 is 5.97 Å². The van der Waals surface area contributed by atoms with Gasteiger partial charge in [0.2, 0.25) is 29.5 Å². The Morgan fingerprint density at radius 3 is 1.26 bits per heavy atom. The molecule has 0 aliphatic heterocycles. The van der Waals surface area contributed by atoms with Crippen LogP contribution >= 0.6 is 47.2 Å². The number of hydrogen-bond acceptors (Lipinski definition) is 17. The third-order valence-electron chi connectivity index (χ3n) is 16.6. The van der Waals surface area contributed by atoms with Gasteiger partial charge in [0.05, 0.1) is 100 Å². The second kappa shape index (κ2) is 38.6. The molecule has 8 amide bonds. The molecule has 0 atom stereocenters. The van der Waals surface area contributed by atoms with Crippen LogP contribution in [0.1, 0.15) is 76.4 Å². The summed E-state index contributed by atoms with van der Waals surface area (Å²) in [5.74, 6) is -7.33. The fourth-order valence-electron chi connectivity index (χ4n) is 11.2. The maximum absolute atomic E-state index is 14.2. The van der Waals surface area contributed by atoms with Crippen LogP contribution < -0.4 is 39.3 Å². The number of rotatable bonds is 26. The van der Waals surface area contributed by atoms with Crippen LogP contribution in [0.5, 0.6) is 0 Å². The molecule has 6 heterocycles. The maximum atomic E-state index is 14.2. The van der Waals surface area contributed by atoms with Gasteiger partial charge < -0.3 is 73.2 Å². The molecular weight excluding hydrogens is 1540 g/mol. The van der Waals surface area contributed by atoms with Gasteiger partial charge in [0.25, 0.3) is 17.7 Å². The first kappa shape index (κ1) is 84.9. The van der Waals surface area contributed by atoms with E-state index in [4.69, 9.17) is 68.6 Å². The molecule has 12 rings (SSSR count). The van der Waals surface area contributed by atoms with Gasteiger partial charge in [-0.2, -0.15) is 15.3 Å². The number of aromatic amines is 1. The smallest absolute Gasteiger partial charge is 0.323 e. The highest BCUT2D eigenvalue weighted by Crippen LogP contribution is 2.26. The van der Waals surface area contributed by atoms with Crippen molar-refractivity contribution in [3.8, 4) is 0 Å². The summed E-state index contributed by atoms with van der Waals surface area (Å²) in [4.78, 5) is 131. The van der Waals surface area contributed by atoms with E-state index in [2.05, 4.69) is 45.9 Å². The van der Waals surface area contributed by atoms with Crippen LogP contribution in [0, 0.1) is 31.3 Å². The van der Waals surface area contributed by atoms with Crippen molar-refractivity contribution in [1.29, 1.82) is 0 Å². The number of aliphatic carboxylic acids is 1. The highest BCUT2D eigenvalue weighted by atomic mass is 35.5. The maximum Gasteiger partial charge on any atom is 0.323 e. The number of hydrogen-bond donors (Lipinski definition) is 9. The number of carbonyl (C=O) groups excluding carboxylic acids is 8. The molecule has 12 aromatic rings. The van der Waals surface area contributed by atoms with Crippen molar-refractivity contribution in [3.05, 3.63) is 241 Å². The number of carboxylic acids is 1. The number of aryl methyl sites for hydroxylation is 4. The summed E-state index contributed by atoms with van der Waals surface area (Å²) in [5.41, 5.74) is 34.0. The minimum atomic E-state index is -1.14. The number of aromatic nitrogens is 12. The van der Waals surface area contributed by atoms with E-state index in [0.717, 1.165) is 11.1 Å². The minimum Gasteiger partial charge on any atom is -0.480 e. The summed E-state index contributed by atoms with van der Waals surface area (Å²) in [6, 6.07) is 29.3. The van der Waals surface area contributed by atoms with E-state index in [-0.39, 0.29) is 128 Å². The number of carboxylic acid groups (broad SMARTS) is 1. The van der Waals surface area contributed by atoms with Crippen molar-refractivity contribution in [2.24, 2.45) is 37.0 Å². The molecule has 0 radical (unpaired) electrons. The molecule has 6 aromatic heterocycles. The highest BCUT2D eigenvalue weighted by molar-refractivity contribution is 6.31. The quantitative estimate of drug-likeness (QED) is 0.0260. The first-order valence-corrected chi connectivity index (χ1v) is 34.6. The second-order valence-electron chi connectivity index (χ2n) is 25.1. The van der Waals surface area contributed by atoms with Gasteiger partial charge in [-0.25, -0.2) is 28.1 Å². The molecule has 0 saturated heterocycles.